The first kappa shape index (κ1) is 18.8. The third kappa shape index (κ3) is 4.59. The van der Waals surface area contributed by atoms with E-state index in [0.717, 1.165) is 0 Å². The predicted molar refractivity (Wildman–Crippen MR) is 92.3 cm³/mol. The second-order valence-electron chi connectivity index (χ2n) is 5.39. The average Bonchev–Trinajstić information content (AvgIpc) is 3.17. The molecule has 0 fully saturated rings. The van der Waals surface area contributed by atoms with Gasteiger partial charge in [0.25, 0.3) is 0 Å². The van der Waals surface area contributed by atoms with E-state index in [-0.39, 0.29) is 18.2 Å². The van der Waals surface area contributed by atoms with Crippen LogP contribution in [0.25, 0.3) is 11.4 Å². The highest BCUT2D eigenvalue weighted by atomic mass is 35.5. The molecular weight excluding hydrogens is 382 g/mol. The first-order valence-electron chi connectivity index (χ1n) is 7.68. The van der Waals surface area contributed by atoms with Gasteiger partial charge in [-0.25, -0.2) is 0 Å². The molecule has 0 aliphatic heterocycles. The zero-order valence-corrected chi connectivity index (χ0v) is 14.7. The van der Waals surface area contributed by atoms with Gasteiger partial charge >= 0.3 is 11.3 Å². The number of rotatable bonds is 7. The van der Waals surface area contributed by atoms with E-state index in [4.69, 9.17) is 21.1 Å². The fraction of sp³-hybridized carbons (Fsp3) is 0.167. The van der Waals surface area contributed by atoms with Gasteiger partial charge in [-0.3, -0.25) is 4.79 Å². The van der Waals surface area contributed by atoms with Crippen molar-refractivity contribution in [2.24, 2.45) is 0 Å². The smallest absolute Gasteiger partial charge is 0.400 e. The molecule has 0 saturated heterocycles. The molecule has 0 aliphatic carbocycles. The number of ketones is 1. The molecule has 0 aliphatic rings. The Morgan fingerprint density at radius 1 is 1.11 bits per heavy atom. The van der Waals surface area contributed by atoms with Crippen LogP contribution in [0.15, 0.2) is 53.1 Å². The summed E-state index contributed by atoms with van der Waals surface area (Å²) in [5.74, 6) is -0.0904. The second-order valence-corrected chi connectivity index (χ2v) is 5.86. The molecule has 6 nitrogen and oxygen atoms in total. The van der Waals surface area contributed by atoms with Crippen molar-refractivity contribution in [3.05, 3.63) is 60.0 Å². The van der Waals surface area contributed by atoms with Crippen LogP contribution in [0.1, 0.15) is 16.2 Å². The minimum Gasteiger partial charge on any atom is -0.497 e. The number of ether oxygens (including phenoxy) is 2. The summed E-state index contributed by atoms with van der Waals surface area (Å²) in [6.45, 7) is -0.156. The van der Waals surface area contributed by atoms with Crippen molar-refractivity contribution in [1.29, 1.82) is 0 Å². The average molecular weight is 395 g/mol. The molecule has 1 heterocycles. The Balaban J connectivity index is 1.63. The Labute approximate surface area is 157 Å². The Kier molecular flexibility index (Phi) is 5.36. The molecule has 1 aromatic heterocycles. The minimum absolute atomic E-state index is 0.0567. The standard InChI is InChI=1S/C18H13ClF2N2O4/c1-25-13-6-8-14(9-7-13)26-10-15(24)11-2-4-12(5-3-11)16-22-17(27-23-16)18(19,20)21/h2-9H,10H2,1H3. The lowest BCUT2D eigenvalue weighted by molar-refractivity contribution is 0.0551. The van der Waals surface area contributed by atoms with E-state index in [2.05, 4.69) is 14.7 Å². The number of alkyl halides is 3. The summed E-state index contributed by atoms with van der Waals surface area (Å²) < 4.78 is 40.8. The second kappa shape index (κ2) is 7.71. The Hall–Kier alpha value is -3.00. The van der Waals surface area contributed by atoms with E-state index >= 15 is 0 Å². The lowest BCUT2D eigenvalue weighted by Gasteiger charge is -2.07. The van der Waals surface area contributed by atoms with Gasteiger partial charge in [-0.1, -0.05) is 29.4 Å². The fourth-order valence-corrected chi connectivity index (χ4v) is 2.24. The summed E-state index contributed by atoms with van der Waals surface area (Å²) in [4.78, 5) is 15.7. The first-order chi connectivity index (χ1) is 12.9. The van der Waals surface area contributed by atoms with Crippen molar-refractivity contribution in [2.45, 2.75) is 5.38 Å². The van der Waals surface area contributed by atoms with Crippen LogP contribution >= 0.6 is 11.6 Å². The van der Waals surface area contributed by atoms with Gasteiger partial charge in [-0.2, -0.15) is 13.8 Å². The molecule has 0 bridgehead atoms. The lowest BCUT2D eigenvalue weighted by atomic mass is 10.1. The number of hydrogen-bond donors (Lipinski definition) is 0. The summed E-state index contributed by atoms with van der Waals surface area (Å²) in [5, 5.41) is -0.289. The first-order valence-corrected chi connectivity index (χ1v) is 8.06. The summed E-state index contributed by atoms with van der Waals surface area (Å²) in [5.41, 5.74) is 0.789. The molecule has 0 atom stereocenters. The third-order valence-electron chi connectivity index (χ3n) is 3.56. The maximum atomic E-state index is 12.9. The van der Waals surface area contributed by atoms with E-state index in [9.17, 15) is 13.6 Å². The molecule has 27 heavy (non-hydrogen) atoms. The van der Waals surface area contributed by atoms with Gasteiger partial charge in [-0.05, 0) is 35.9 Å². The number of nitrogens with zero attached hydrogens (tertiary/aromatic N) is 2. The predicted octanol–water partition coefficient (Wildman–Crippen LogP) is 4.30. The lowest BCUT2D eigenvalue weighted by Crippen LogP contribution is -2.11. The van der Waals surface area contributed by atoms with Crippen LogP contribution in [0.5, 0.6) is 11.5 Å². The van der Waals surface area contributed by atoms with Crippen LogP contribution in [0.4, 0.5) is 8.78 Å². The van der Waals surface area contributed by atoms with E-state index in [0.29, 0.717) is 22.6 Å². The Morgan fingerprint density at radius 2 is 1.74 bits per heavy atom. The van der Waals surface area contributed by atoms with Crippen molar-refractivity contribution in [2.75, 3.05) is 13.7 Å². The van der Waals surface area contributed by atoms with E-state index in [1.807, 2.05) is 0 Å². The zero-order valence-electron chi connectivity index (χ0n) is 14.0. The zero-order chi connectivity index (χ0) is 19.4. The monoisotopic (exact) mass is 394 g/mol. The Morgan fingerprint density at radius 3 is 2.30 bits per heavy atom. The third-order valence-corrected chi connectivity index (χ3v) is 3.72. The highest BCUT2D eigenvalue weighted by Crippen LogP contribution is 2.32. The number of carbonyl (C=O) groups is 1. The Bertz CT molecular complexity index is 922. The maximum Gasteiger partial charge on any atom is 0.400 e. The number of aromatic nitrogens is 2. The molecule has 0 amide bonds. The van der Waals surface area contributed by atoms with Crippen LogP contribution < -0.4 is 9.47 Å². The normalized spacial score (nSPS) is 11.3. The molecule has 0 radical (unpaired) electrons. The van der Waals surface area contributed by atoms with Gasteiger partial charge in [0.05, 0.1) is 7.11 Å². The van der Waals surface area contributed by atoms with Gasteiger partial charge < -0.3 is 14.0 Å². The number of benzene rings is 2. The maximum absolute atomic E-state index is 12.9. The number of hydrogen-bond acceptors (Lipinski definition) is 6. The van der Waals surface area contributed by atoms with E-state index in [1.165, 1.54) is 24.3 Å². The van der Waals surface area contributed by atoms with Crippen molar-refractivity contribution < 1.29 is 27.6 Å². The van der Waals surface area contributed by atoms with Gasteiger partial charge in [0.2, 0.25) is 5.82 Å². The van der Waals surface area contributed by atoms with Gasteiger partial charge in [0.1, 0.15) is 11.5 Å². The summed E-state index contributed by atoms with van der Waals surface area (Å²) in [6.07, 6.45) is 0. The number of methoxy groups -OCH3 is 1. The van der Waals surface area contributed by atoms with Gasteiger partial charge in [0.15, 0.2) is 12.4 Å². The largest absolute Gasteiger partial charge is 0.497 e. The quantitative estimate of drug-likeness (QED) is 0.439. The molecule has 3 rings (SSSR count). The van der Waals surface area contributed by atoms with Gasteiger partial charge in [0, 0.05) is 11.1 Å². The fourth-order valence-electron chi connectivity index (χ4n) is 2.17. The highest BCUT2D eigenvalue weighted by Gasteiger charge is 2.35. The number of Topliss-reactive ketones (excluding diaryl/α,β-unsaturated/α-hetero) is 1. The molecule has 9 heteroatoms. The van der Waals surface area contributed by atoms with Crippen molar-refractivity contribution >= 4 is 17.4 Å². The van der Waals surface area contributed by atoms with E-state index < -0.39 is 11.3 Å². The highest BCUT2D eigenvalue weighted by molar-refractivity contribution is 6.21. The van der Waals surface area contributed by atoms with Crippen LogP contribution in [0, 0.1) is 0 Å². The molecule has 3 aromatic rings. The summed E-state index contributed by atoms with van der Waals surface area (Å²) >= 11 is 4.83. The van der Waals surface area contributed by atoms with E-state index in [1.54, 1.807) is 31.4 Å². The number of carbonyl (C=O) groups excluding carboxylic acids is 1. The topological polar surface area (TPSA) is 74.5 Å². The van der Waals surface area contributed by atoms with Crippen LogP contribution in [0.2, 0.25) is 0 Å². The molecule has 0 saturated carbocycles. The van der Waals surface area contributed by atoms with Gasteiger partial charge in [-0.15, -0.1) is 0 Å². The molecule has 140 valence electrons. The minimum atomic E-state index is -3.74. The van der Waals surface area contributed by atoms with Crippen molar-refractivity contribution in [3.63, 3.8) is 0 Å². The summed E-state index contributed by atoms with van der Waals surface area (Å²) in [7, 11) is 1.56. The summed E-state index contributed by atoms with van der Waals surface area (Å²) in [6, 6.07) is 12.9. The van der Waals surface area contributed by atoms with Crippen molar-refractivity contribution in [1.82, 2.24) is 10.1 Å². The molecule has 0 spiro atoms. The SMILES string of the molecule is COc1ccc(OCC(=O)c2ccc(-c3noc(C(F)(F)Cl)n3)cc2)cc1. The number of halogens is 3. The van der Waals surface area contributed by atoms with Crippen LogP contribution in [-0.4, -0.2) is 29.6 Å². The van der Waals surface area contributed by atoms with Crippen molar-refractivity contribution in [3.8, 4) is 22.9 Å². The van der Waals surface area contributed by atoms with Crippen LogP contribution in [0.3, 0.4) is 0 Å². The molecule has 2 aromatic carbocycles. The molecule has 0 unspecified atom stereocenters. The van der Waals surface area contributed by atoms with Crippen LogP contribution in [-0.2, 0) is 5.38 Å². The molecular formula is C18H13ClF2N2O4. The molecule has 0 N–H and O–H groups in total.